The molecule has 2 rings (SSSR count). The second-order valence-electron chi connectivity index (χ2n) is 4.40. The molecular formula is C12H15N3O2S. The summed E-state index contributed by atoms with van der Waals surface area (Å²) >= 11 is 0. The van der Waals surface area contributed by atoms with Crippen molar-refractivity contribution >= 4 is 15.7 Å². The number of benzene rings is 1. The minimum absolute atomic E-state index is 0.0968. The molecule has 1 aromatic heterocycles. The Kier molecular flexibility index (Phi) is 3.13. The zero-order valence-electron chi connectivity index (χ0n) is 10.3. The number of anilines is 1. The Morgan fingerprint density at radius 1 is 1.28 bits per heavy atom. The number of nitrogens with one attached hydrogen (secondary N) is 1. The van der Waals surface area contributed by atoms with E-state index in [-0.39, 0.29) is 5.75 Å². The second kappa shape index (κ2) is 4.45. The van der Waals surface area contributed by atoms with E-state index in [0.29, 0.717) is 17.1 Å². The van der Waals surface area contributed by atoms with Crippen LogP contribution in [0.2, 0.25) is 0 Å². The van der Waals surface area contributed by atoms with Gasteiger partial charge in [0.1, 0.15) is 0 Å². The largest absolute Gasteiger partial charge is 0.382 e. The van der Waals surface area contributed by atoms with Crippen LogP contribution >= 0.6 is 0 Å². The molecule has 0 aliphatic heterocycles. The predicted molar refractivity (Wildman–Crippen MR) is 71.7 cm³/mol. The van der Waals surface area contributed by atoms with Gasteiger partial charge in [-0.2, -0.15) is 5.10 Å². The third kappa shape index (κ3) is 2.70. The van der Waals surface area contributed by atoms with Gasteiger partial charge < -0.3 is 5.73 Å². The van der Waals surface area contributed by atoms with Crippen molar-refractivity contribution < 1.29 is 8.42 Å². The fraction of sp³-hybridized carbons (Fsp3) is 0.250. The highest BCUT2D eigenvalue weighted by molar-refractivity contribution is 7.89. The van der Waals surface area contributed by atoms with E-state index in [1.165, 1.54) is 6.26 Å². The lowest BCUT2D eigenvalue weighted by molar-refractivity contribution is 0.600. The van der Waals surface area contributed by atoms with Crippen molar-refractivity contribution in [2.45, 2.75) is 12.7 Å². The molecule has 0 aliphatic carbocycles. The first-order valence-corrected chi connectivity index (χ1v) is 7.50. The topological polar surface area (TPSA) is 88.8 Å². The predicted octanol–water partition coefficient (Wildman–Crippen LogP) is 1.51. The van der Waals surface area contributed by atoms with E-state index in [2.05, 4.69) is 10.2 Å². The second-order valence-corrected chi connectivity index (χ2v) is 6.54. The lowest BCUT2D eigenvalue weighted by Gasteiger charge is -2.04. The van der Waals surface area contributed by atoms with Crippen molar-refractivity contribution in [2.24, 2.45) is 0 Å². The van der Waals surface area contributed by atoms with Crippen molar-refractivity contribution in [1.29, 1.82) is 0 Å². The number of aromatic nitrogens is 2. The van der Waals surface area contributed by atoms with Crippen LogP contribution in [0.1, 0.15) is 11.3 Å². The zero-order valence-corrected chi connectivity index (χ0v) is 11.1. The molecule has 3 N–H and O–H groups in total. The molecule has 2 aromatic rings. The van der Waals surface area contributed by atoms with Crippen LogP contribution in [0.5, 0.6) is 0 Å². The van der Waals surface area contributed by atoms with Crippen LogP contribution in [0.15, 0.2) is 24.3 Å². The number of aryl methyl sites for hydroxylation is 1. The highest BCUT2D eigenvalue weighted by atomic mass is 32.2. The Morgan fingerprint density at radius 3 is 2.44 bits per heavy atom. The Balaban J connectivity index is 2.50. The summed E-state index contributed by atoms with van der Waals surface area (Å²) in [6.45, 7) is 1.99. The molecule has 6 heteroatoms. The molecule has 18 heavy (non-hydrogen) atoms. The first-order chi connectivity index (χ1) is 8.37. The molecule has 0 bridgehead atoms. The van der Waals surface area contributed by atoms with Crippen molar-refractivity contribution in [1.82, 2.24) is 10.2 Å². The summed E-state index contributed by atoms with van der Waals surface area (Å²) in [5.74, 6) is 0.220. The molecule has 0 aliphatic rings. The summed E-state index contributed by atoms with van der Waals surface area (Å²) in [5, 5.41) is 6.58. The molecule has 0 spiro atoms. The summed E-state index contributed by atoms with van der Waals surface area (Å²) in [6.07, 6.45) is 1.18. The number of rotatable bonds is 3. The van der Waals surface area contributed by atoms with Crippen LogP contribution in [-0.4, -0.2) is 24.9 Å². The standard InChI is InChI=1S/C12H15N3O2S/c1-8-3-5-9(6-4-8)11-10(7-18(2,16)17)14-15-12(11)13/h3-6H,7H2,1-2H3,(H3,13,14,15). The van der Waals surface area contributed by atoms with Gasteiger partial charge in [0, 0.05) is 11.8 Å². The molecule has 0 amide bonds. The van der Waals surface area contributed by atoms with Gasteiger partial charge in [0.2, 0.25) is 0 Å². The summed E-state index contributed by atoms with van der Waals surface area (Å²) in [4.78, 5) is 0. The van der Waals surface area contributed by atoms with E-state index in [1.807, 2.05) is 31.2 Å². The Morgan fingerprint density at radius 2 is 1.89 bits per heavy atom. The van der Waals surface area contributed by atoms with Crippen LogP contribution in [0, 0.1) is 6.92 Å². The quantitative estimate of drug-likeness (QED) is 0.880. The molecule has 0 radical (unpaired) electrons. The number of nitrogen functional groups attached to an aromatic ring is 1. The maximum Gasteiger partial charge on any atom is 0.153 e. The number of sulfone groups is 1. The molecule has 1 heterocycles. The van der Waals surface area contributed by atoms with E-state index in [4.69, 9.17) is 5.73 Å². The Bertz CT molecular complexity index is 657. The Labute approximate surface area is 106 Å². The van der Waals surface area contributed by atoms with Crippen molar-refractivity contribution in [3.8, 4) is 11.1 Å². The maximum absolute atomic E-state index is 11.4. The first kappa shape index (κ1) is 12.6. The third-order valence-electron chi connectivity index (χ3n) is 2.62. The average Bonchev–Trinajstić information content (AvgIpc) is 2.59. The number of hydrogen-bond donors (Lipinski definition) is 2. The molecule has 0 fully saturated rings. The minimum atomic E-state index is -3.13. The summed E-state index contributed by atoms with van der Waals surface area (Å²) in [6, 6.07) is 7.71. The Hall–Kier alpha value is -1.82. The molecule has 1 aromatic carbocycles. The molecule has 0 atom stereocenters. The van der Waals surface area contributed by atoms with Gasteiger partial charge >= 0.3 is 0 Å². The molecule has 0 saturated carbocycles. The summed E-state index contributed by atoms with van der Waals surface area (Å²) in [5.41, 5.74) is 8.98. The van der Waals surface area contributed by atoms with Crippen LogP contribution in [0.3, 0.4) is 0 Å². The van der Waals surface area contributed by atoms with Gasteiger partial charge in [-0.05, 0) is 12.5 Å². The molecule has 5 nitrogen and oxygen atoms in total. The van der Waals surface area contributed by atoms with Gasteiger partial charge in [0.15, 0.2) is 15.7 Å². The number of nitrogens with zero attached hydrogens (tertiary/aromatic N) is 1. The number of nitrogens with two attached hydrogens (primary N) is 1. The van der Waals surface area contributed by atoms with Gasteiger partial charge in [-0.3, -0.25) is 5.10 Å². The maximum atomic E-state index is 11.4. The van der Waals surface area contributed by atoms with E-state index in [9.17, 15) is 8.42 Å². The highest BCUT2D eigenvalue weighted by Crippen LogP contribution is 2.29. The van der Waals surface area contributed by atoms with Crippen LogP contribution < -0.4 is 5.73 Å². The van der Waals surface area contributed by atoms with Crippen LogP contribution in [0.25, 0.3) is 11.1 Å². The smallest absolute Gasteiger partial charge is 0.153 e. The summed E-state index contributed by atoms with van der Waals surface area (Å²) < 4.78 is 22.7. The van der Waals surface area contributed by atoms with E-state index < -0.39 is 9.84 Å². The van der Waals surface area contributed by atoms with Crippen molar-refractivity contribution in [3.05, 3.63) is 35.5 Å². The number of aromatic amines is 1. The van der Waals surface area contributed by atoms with Crippen LogP contribution in [-0.2, 0) is 15.6 Å². The fourth-order valence-corrected chi connectivity index (χ4v) is 2.54. The molecule has 96 valence electrons. The van der Waals surface area contributed by atoms with Gasteiger partial charge in [-0.25, -0.2) is 8.42 Å². The average molecular weight is 265 g/mol. The highest BCUT2D eigenvalue weighted by Gasteiger charge is 2.16. The number of hydrogen-bond acceptors (Lipinski definition) is 4. The van der Waals surface area contributed by atoms with Crippen molar-refractivity contribution in [2.75, 3.05) is 12.0 Å². The zero-order chi connectivity index (χ0) is 13.3. The normalized spacial score (nSPS) is 11.7. The van der Waals surface area contributed by atoms with E-state index in [1.54, 1.807) is 0 Å². The van der Waals surface area contributed by atoms with Gasteiger partial charge in [0.05, 0.1) is 11.4 Å². The fourth-order valence-electron chi connectivity index (χ4n) is 1.80. The minimum Gasteiger partial charge on any atom is -0.382 e. The molecular weight excluding hydrogens is 250 g/mol. The molecule has 0 unspecified atom stereocenters. The van der Waals surface area contributed by atoms with Gasteiger partial charge in [-0.1, -0.05) is 29.8 Å². The van der Waals surface area contributed by atoms with E-state index >= 15 is 0 Å². The van der Waals surface area contributed by atoms with Gasteiger partial charge in [-0.15, -0.1) is 0 Å². The van der Waals surface area contributed by atoms with Gasteiger partial charge in [0.25, 0.3) is 0 Å². The lowest BCUT2D eigenvalue weighted by Crippen LogP contribution is -2.02. The van der Waals surface area contributed by atoms with E-state index in [0.717, 1.165) is 11.1 Å². The van der Waals surface area contributed by atoms with Crippen LogP contribution in [0.4, 0.5) is 5.82 Å². The monoisotopic (exact) mass is 265 g/mol. The first-order valence-electron chi connectivity index (χ1n) is 5.44. The number of H-pyrrole nitrogens is 1. The SMILES string of the molecule is Cc1ccc(-c2c(N)n[nH]c2CS(C)(=O)=O)cc1. The lowest BCUT2D eigenvalue weighted by atomic mass is 10.0. The van der Waals surface area contributed by atoms with Crippen molar-refractivity contribution in [3.63, 3.8) is 0 Å². The molecule has 0 saturated heterocycles. The summed E-state index contributed by atoms with van der Waals surface area (Å²) in [7, 11) is -3.13. The third-order valence-corrected chi connectivity index (χ3v) is 3.43.